The molecule has 11 rings (SSSR count). The van der Waals surface area contributed by atoms with E-state index in [0.717, 1.165) is 22.7 Å². The molecule has 0 amide bonds. The predicted molar refractivity (Wildman–Crippen MR) is 245 cm³/mol. The third-order valence-corrected chi connectivity index (χ3v) is 12.4. The summed E-state index contributed by atoms with van der Waals surface area (Å²) < 4.78 is 5.01. The number of nitrogens with zero attached hydrogens (tertiary/aromatic N) is 2. The molecule has 0 aliphatic rings. The van der Waals surface area contributed by atoms with Crippen molar-refractivity contribution in [2.24, 2.45) is 0 Å². The molecule has 0 fully saturated rings. The van der Waals surface area contributed by atoms with Crippen molar-refractivity contribution in [3.63, 3.8) is 0 Å². The molecule has 0 saturated carbocycles. The molecule has 2 nitrogen and oxygen atoms in total. The third kappa shape index (κ3) is 5.80. The van der Waals surface area contributed by atoms with E-state index in [-0.39, 0.29) is 0 Å². The van der Waals surface area contributed by atoms with Crippen molar-refractivity contribution in [2.45, 2.75) is 0 Å². The number of anilines is 3. The Balaban J connectivity index is 1.12. The van der Waals surface area contributed by atoms with Gasteiger partial charge in [-0.05, 0) is 101 Å². The topological polar surface area (TPSA) is 8.17 Å². The summed E-state index contributed by atoms with van der Waals surface area (Å²) in [5, 5.41) is 5.03. The highest BCUT2D eigenvalue weighted by atomic mass is 32.1. The van der Waals surface area contributed by atoms with Crippen LogP contribution in [0.25, 0.3) is 81.0 Å². The molecule has 0 radical (unpaired) electrons. The van der Waals surface area contributed by atoms with Crippen LogP contribution >= 0.6 is 11.3 Å². The normalized spacial score (nSPS) is 11.5. The molecule has 0 N–H and O–H groups in total. The maximum Gasteiger partial charge on any atom is 0.0541 e. The van der Waals surface area contributed by atoms with E-state index in [2.05, 4.69) is 228 Å². The average Bonchev–Trinajstić information content (AvgIpc) is 3.83. The smallest absolute Gasteiger partial charge is 0.0541 e. The minimum absolute atomic E-state index is 1.11. The van der Waals surface area contributed by atoms with Crippen LogP contribution in [-0.4, -0.2) is 4.57 Å². The minimum atomic E-state index is 1.11. The van der Waals surface area contributed by atoms with Crippen LogP contribution in [0.4, 0.5) is 17.1 Å². The van der Waals surface area contributed by atoms with Crippen molar-refractivity contribution in [3.05, 3.63) is 218 Å². The fourth-order valence-corrected chi connectivity index (χ4v) is 9.71. The molecule has 3 heteroatoms. The van der Waals surface area contributed by atoms with Crippen molar-refractivity contribution in [1.82, 2.24) is 4.57 Å². The van der Waals surface area contributed by atoms with E-state index in [9.17, 15) is 0 Å². The van der Waals surface area contributed by atoms with Crippen molar-refractivity contribution < 1.29 is 0 Å². The summed E-state index contributed by atoms with van der Waals surface area (Å²) in [6, 6.07) is 79.3. The number of hydrogen-bond acceptors (Lipinski definition) is 2. The molecule has 11 aromatic rings. The van der Waals surface area contributed by atoms with Gasteiger partial charge in [-0.3, -0.25) is 0 Å². The zero-order valence-electron chi connectivity index (χ0n) is 31.1. The van der Waals surface area contributed by atoms with E-state index in [0.29, 0.717) is 0 Å². The molecule has 9 aromatic carbocycles. The molecule has 0 unspecified atom stereocenters. The second-order valence-corrected chi connectivity index (χ2v) is 15.6. The average molecular weight is 745 g/mol. The number of thiophene rings is 1. The lowest BCUT2D eigenvalue weighted by atomic mass is 9.98. The molecular weight excluding hydrogens is 709 g/mol. The van der Waals surface area contributed by atoms with Crippen LogP contribution in [0.5, 0.6) is 0 Å². The first-order chi connectivity index (χ1) is 28.3. The van der Waals surface area contributed by atoms with Gasteiger partial charge in [-0.25, -0.2) is 0 Å². The maximum absolute atomic E-state index is 2.42. The van der Waals surface area contributed by atoms with Crippen LogP contribution < -0.4 is 4.90 Å². The third-order valence-electron chi connectivity index (χ3n) is 11.2. The molecule has 2 heterocycles. The first-order valence-electron chi connectivity index (χ1n) is 19.4. The van der Waals surface area contributed by atoms with Gasteiger partial charge in [0.1, 0.15) is 0 Å². The second kappa shape index (κ2) is 13.8. The summed E-state index contributed by atoms with van der Waals surface area (Å²) in [5.41, 5.74) is 14.2. The molecule has 0 atom stereocenters. The number of rotatable bonds is 7. The van der Waals surface area contributed by atoms with Gasteiger partial charge in [-0.2, -0.15) is 0 Å². The number of aromatic nitrogens is 1. The summed E-state index contributed by atoms with van der Waals surface area (Å²) in [5.74, 6) is 0. The highest BCUT2D eigenvalue weighted by Gasteiger charge is 2.20. The Kier molecular flexibility index (Phi) is 8.04. The van der Waals surface area contributed by atoms with E-state index in [1.807, 2.05) is 11.3 Å². The SMILES string of the molecule is c1ccc(-c2ccc(N(c3ccccc3)c3cc(-c4ccc5c(c4)c4ccccc4n5-c4cccc(-c5ccccc5)c4)c4sc5ccccc5c4c3)cc2)cc1. The highest BCUT2D eigenvalue weighted by molar-refractivity contribution is 7.26. The fraction of sp³-hybridized carbons (Fsp3) is 0. The molecule has 2 aromatic heterocycles. The Labute approximate surface area is 335 Å². The van der Waals surface area contributed by atoms with Crippen LogP contribution in [-0.2, 0) is 0 Å². The van der Waals surface area contributed by atoms with E-state index in [4.69, 9.17) is 0 Å². The molecule has 0 bridgehead atoms. The second-order valence-electron chi connectivity index (χ2n) is 14.6. The van der Waals surface area contributed by atoms with Gasteiger partial charge < -0.3 is 9.47 Å². The van der Waals surface area contributed by atoms with Crippen LogP contribution in [0.1, 0.15) is 0 Å². The monoisotopic (exact) mass is 744 g/mol. The molecule has 268 valence electrons. The van der Waals surface area contributed by atoms with Crippen molar-refractivity contribution in [2.75, 3.05) is 4.90 Å². The van der Waals surface area contributed by atoms with Crippen molar-refractivity contribution in [1.29, 1.82) is 0 Å². The first-order valence-corrected chi connectivity index (χ1v) is 20.2. The maximum atomic E-state index is 2.42. The van der Waals surface area contributed by atoms with Gasteiger partial charge in [0.25, 0.3) is 0 Å². The molecule has 0 saturated heterocycles. The predicted octanol–water partition coefficient (Wildman–Crippen LogP) is 15.6. The van der Waals surface area contributed by atoms with Gasteiger partial charge in [0, 0.05) is 59.3 Å². The lowest BCUT2D eigenvalue weighted by Crippen LogP contribution is -2.10. The fourth-order valence-electron chi connectivity index (χ4n) is 8.49. The summed E-state index contributed by atoms with van der Waals surface area (Å²) in [6.07, 6.45) is 0. The number of hydrogen-bond donors (Lipinski definition) is 0. The lowest BCUT2D eigenvalue weighted by Gasteiger charge is -2.26. The lowest BCUT2D eigenvalue weighted by molar-refractivity contribution is 1.18. The molecule has 0 aliphatic carbocycles. The van der Waals surface area contributed by atoms with E-state index in [1.165, 1.54) is 75.4 Å². The number of para-hydroxylation sites is 2. The van der Waals surface area contributed by atoms with Crippen molar-refractivity contribution >= 4 is 70.4 Å². The quantitative estimate of drug-likeness (QED) is 0.158. The number of fused-ring (bicyclic) bond motifs is 6. The number of benzene rings is 9. The standard InChI is InChI=1S/C54H36N2S/c1-4-15-37(16-5-1)39-27-30-43(31-28-39)55(42-20-8-3-9-21-42)45-35-48(54-50(36-45)47-24-11-13-26-53(47)57-54)41-29-32-52-49(34-41)46-23-10-12-25-51(46)56(52)44-22-14-19-40(33-44)38-17-6-2-7-18-38/h1-36H. The molecule has 57 heavy (non-hydrogen) atoms. The van der Waals surface area contributed by atoms with Gasteiger partial charge in [-0.15, -0.1) is 11.3 Å². The zero-order valence-corrected chi connectivity index (χ0v) is 31.9. The Morgan fingerprint density at radius 1 is 0.333 bits per heavy atom. The van der Waals surface area contributed by atoms with Gasteiger partial charge in [0.15, 0.2) is 0 Å². The summed E-state index contributed by atoms with van der Waals surface area (Å²) in [6.45, 7) is 0. The molecule has 0 spiro atoms. The van der Waals surface area contributed by atoms with Gasteiger partial charge in [0.05, 0.1) is 11.0 Å². The Bertz CT molecular complexity index is 3220. The highest BCUT2D eigenvalue weighted by Crippen LogP contribution is 2.47. The van der Waals surface area contributed by atoms with E-state index in [1.54, 1.807) is 0 Å². The van der Waals surface area contributed by atoms with Crippen molar-refractivity contribution in [3.8, 4) is 39.1 Å². The molecular formula is C54H36N2S. The van der Waals surface area contributed by atoms with Crippen LogP contribution in [0, 0.1) is 0 Å². The largest absolute Gasteiger partial charge is 0.310 e. The van der Waals surface area contributed by atoms with E-state index >= 15 is 0 Å². The first kappa shape index (κ1) is 33.2. The van der Waals surface area contributed by atoms with E-state index < -0.39 is 0 Å². The summed E-state index contributed by atoms with van der Waals surface area (Å²) in [4.78, 5) is 2.40. The van der Waals surface area contributed by atoms with Crippen LogP contribution in [0.3, 0.4) is 0 Å². The van der Waals surface area contributed by atoms with Gasteiger partial charge in [0.2, 0.25) is 0 Å². The Morgan fingerprint density at radius 2 is 0.912 bits per heavy atom. The van der Waals surface area contributed by atoms with Gasteiger partial charge in [-0.1, -0.05) is 146 Å². The zero-order chi connectivity index (χ0) is 37.7. The summed E-state index contributed by atoms with van der Waals surface area (Å²) >= 11 is 1.88. The van der Waals surface area contributed by atoms with Crippen LogP contribution in [0.2, 0.25) is 0 Å². The van der Waals surface area contributed by atoms with Gasteiger partial charge >= 0.3 is 0 Å². The molecule has 0 aliphatic heterocycles. The minimum Gasteiger partial charge on any atom is -0.310 e. The Morgan fingerprint density at radius 3 is 1.68 bits per heavy atom. The summed E-state index contributed by atoms with van der Waals surface area (Å²) in [7, 11) is 0. The Hall–Kier alpha value is -7.20. The van der Waals surface area contributed by atoms with Crippen LogP contribution in [0.15, 0.2) is 218 Å².